The molecule has 3 rings (SSSR count). The molecule has 212 valence electrons. The molecule has 0 aromatic rings. The number of aliphatic hydroxyl groups is 1. The minimum absolute atomic E-state index is 0.0370. The summed E-state index contributed by atoms with van der Waals surface area (Å²) in [7, 11) is 0. The number of fused-ring (bicyclic) bond motifs is 1. The largest absolute Gasteiger partial charge is 0.462 e. The van der Waals surface area contributed by atoms with Gasteiger partial charge in [0.05, 0.1) is 18.4 Å². The molecule has 8 atom stereocenters. The second-order valence-corrected chi connectivity index (χ2v) is 10.8. The lowest BCUT2D eigenvalue weighted by Gasteiger charge is -2.43. The SMILES string of the molecule is CCOC(C)OCC.CC[C@H](C)C(=O)O[C@H]1C[C@@H](C)C=C2C=C[C@H](C)[C@H](CC[C@@H]3C[C@@H](O)CC(=O)O3)[C@H]21. The highest BCUT2D eigenvalue weighted by molar-refractivity contribution is 5.72. The third-order valence-electron chi connectivity index (χ3n) is 7.74. The van der Waals surface area contributed by atoms with Gasteiger partial charge in [0.25, 0.3) is 0 Å². The van der Waals surface area contributed by atoms with Gasteiger partial charge in [-0.15, -0.1) is 0 Å². The highest BCUT2D eigenvalue weighted by Crippen LogP contribution is 2.45. The molecule has 0 spiro atoms. The Labute approximate surface area is 224 Å². The van der Waals surface area contributed by atoms with Gasteiger partial charge in [-0.3, -0.25) is 9.59 Å². The van der Waals surface area contributed by atoms with Crippen LogP contribution in [-0.4, -0.2) is 54.9 Å². The molecule has 0 aromatic carbocycles. The number of hydrogen-bond acceptors (Lipinski definition) is 7. The van der Waals surface area contributed by atoms with Crippen LogP contribution in [-0.2, 0) is 28.5 Å². The zero-order valence-corrected chi connectivity index (χ0v) is 24.0. The van der Waals surface area contributed by atoms with Crippen LogP contribution in [0.2, 0.25) is 0 Å². The lowest BCUT2D eigenvalue weighted by Crippen LogP contribution is -2.42. The van der Waals surface area contributed by atoms with E-state index in [2.05, 4.69) is 32.1 Å². The van der Waals surface area contributed by atoms with E-state index in [0.29, 0.717) is 24.2 Å². The van der Waals surface area contributed by atoms with E-state index in [-0.39, 0.29) is 48.7 Å². The number of cyclic esters (lactones) is 1. The maximum atomic E-state index is 12.5. The van der Waals surface area contributed by atoms with Gasteiger partial charge in [-0.1, -0.05) is 45.9 Å². The molecule has 2 aliphatic carbocycles. The number of esters is 2. The van der Waals surface area contributed by atoms with E-state index < -0.39 is 6.10 Å². The number of hydrogen-bond donors (Lipinski definition) is 1. The standard InChI is InChI=1S/C24H36O5.C6H14O2/c1-5-15(3)24(27)29-21-11-14(2)10-17-7-6-16(4)20(23(17)21)9-8-19-12-18(25)13-22(26)28-19;1-4-7-6(3)8-5-2/h6-7,10,14-16,18-21,23,25H,5,8-9,11-13H2,1-4H3;6H,4-5H2,1-3H3/t14-,15-,16-,18+,19+,20-,21-,23-;/m0./s1. The van der Waals surface area contributed by atoms with E-state index in [1.54, 1.807) is 0 Å². The van der Waals surface area contributed by atoms with Crippen molar-refractivity contribution in [3.05, 3.63) is 23.8 Å². The number of carbonyl (C=O) groups excluding carboxylic acids is 2. The van der Waals surface area contributed by atoms with Crippen molar-refractivity contribution in [1.29, 1.82) is 0 Å². The van der Waals surface area contributed by atoms with Crippen molar-refractivity contribution < 1.29 is 33.6 Å². The number of ether oxygens (including phenoxy) is 4. The minimum Gasteiger partial charge on any atom is -0.462 e. The predicted molar refractivity (Wildman–Crippen MR) is 144 cm³/mol. The first kappa shape index (κ1) is 31.5. The van der Waals surface area contributed by atoms with Crippen molar-refractivity contribution in [2.24, 2.45) is 29.6 Å². The fraction of sp³-hybridized carbons (Fsp3) is 0.800. The van der Waals surface area contributed by atoms with Crippen LogP contribution < -0.4 is 0 Å². The smallest absolute Gasteiger partial charge is 0.308 e. The molecule has 1 fully saturated rings. The van der Waals surface area contributed by atoms with Gasteiger partial charge in [0, 0.05) is 25.6 Å². The maximum Gasteiger partial charge on any atom is 0.308 e. The van der Waals surface area contributed by atoms with Gasteiger partial charge >= 0.3 is 11.9 Å². The molecule has 0 saturated carbocycles. The molecule has 0 aromatic heterocycles. The predicted octanol–water partition coefficient (Wildman–Crippen LogP) is 5.60. The molecule has 37 heavy (non-hydrogen) atoms. The van der Waals surface area contributed by atoms with Crippen molar-refractivity contribution in [2.75, 3.05) is 13.2 Å². The van der Waals surface area contributed by atoms with Gasteiger partial charge in [0.2, 0.25) is 0 Å². The lowest BCUT2D eigenvalue weighted by molar-refractivity contribution is -0.162. The Balaban J connectivity index is 0.000000521. The molecule has 1 N–H and O–H groups in total. The summed E-state index contributed by atoms with van der Waals surface area (Å²) in [4.78, 5) is 24.2. The summed E-state index contributed by atoms with van der Waals surface area (Å²) in [5.41, 5.74) is 1.27. The number of carbonyl (C=O) groups is 2. The Hall–Kier alpha value is -1.70. The van der Waals surface area contributed by atoms with E-state index in [1.807, 2.05) is 34.6 Å². The van der Waals surface area contributed by atoms with Crippen LogP contribution >= 0.6 is 0 Å². The highest BCUT2D eigenvalue weighted by Gasteiger charge is 2.42. The third kappa shape index (κ3) is 9.84. The fourth-order valence-corrected chi connectivity index (χ4v) is 5.59. The van der Waals surface area contributed by atoms with E-state index in [1.165, 1.54) is 5.57 Å². The topological polar surface area (TPSA) is 91.3 Å². The molecular formula is C30H50O7. The Morgan fingerprint density at radius 2 is 1.78 bits per heavy atom. The average molecular weight is 523 g/mol. The zero-order valence-electron chi connectivity index (χ0n) is 24.0. The molecule has 7 nitrogen and oxygen atoms in total. The van der Waals surface area contributed by atoms with Crippen molar-refractivity contribution in [1.82, 2.24) is 0 Å². The van der Waals surface area contributed by atoms with Crippen LogP contribution in [0.3, 0.4) is 0 Å². The average Bonchev–Trinajstić information content (AvgIpc) is 2.83. The third-order valence-corrected chi connectivity index (χ3v) is 7.74. The van der Waals surface area contributed by atoms with Crippen LogP contribution in [0, 0.1) is 29.6 Å². The van der Waals surface area contributed by atoms with E-state index >= 15 is 0 Å². The van der Waals surface area contributed by atoms with Crippen LogP contribution in [0.15, 0.2) is 23.8 Å². The molecule has 3 aliphatic rings. The minimum atomic E-state index is -0.597. The molecule has 7 heteroatoms. The zero-order chi connectivity index (χ0) is 27.5. The maximum absolute atomic E-state index is 12.5. The summed E-state index contributed by atoms with van der Waals surface area (Å²) in [5, 5.41) is 9.89. The number of allylic oxidation sites excluding steroid dienone is 3. The molecule has 0 bridgehead atoms. The Morgan fingerprint density at radius 3 is 2.38 bits per heavy atom. The highest BCUT2D eigenvalue weighted by atomic mass is 16.7. The second-order valence-electron chi connectivity index (χ2n) is 10.8. The van der Waals surface area contributed by atoms with Crippen LogP contribution in [0.25, 0.3) is 0 Å². The number of aliphatic hydroxyl groups excluding tert-OH is 1. The van der Waals surface area contributed by atoms with Gasteiger partial charge in [0.15, 0.2) is 6.29 Å². The molecule has 1 aliphatic heterocycles. The van der Waals surface area contributed by atoms with Gasteiger partial charge in [0.1, 0.15) is 12.2 Å². The Kier molecular flexibility index (Phi) is 13.3. The fourth-order valence-electron chi connectivity index (χ4n) is 5.59. The molecule has 0 amide bonds. The lowest BCUT2D eigenvalue weighted by atomic mass is 9.65. The van der Waals surface area contributed by atoms with E-state index in [0.717, 1.165) is 38.9 Å². The first-order valence-corrected chi connectivity index (χ1v) is 14.3. The quantitative estimate of drug-likeness (QED) is 0.295. The van der Waals surface area contributed by atoms with Crippen molar-refractivity contribution in [2.45, 2.75) is 112 Å². The van der Waals surface area contributed by atoms with Gasteiger partial charge in [-0.05, 0) is 69.8 Å². The molecule has 1 heterocycles. The van der Waals surface area contributed by atoms with Gasteiger partial charge in [-0.2, -0.15) is 0 Å². The molecule has 1 saturated heterocycles. The van der Waals surface area contributed by atoms with Gasteiger partial charge in [-0.25, -0.2) is 0 Å². The first-order chi connectivity index (χ1) is 17.6. The summed E-state index contributed by atoms with van der Waals surface area (Å²) in [6.45, 7) is 15.6. The normalized spacial score (nSPS) is 32.0. The first-order valence-electron chi connectivity index (χ1n) is 14.3. The van der Waals surface area contributed by atoms with E-state index in [9.17, 15) is 14.7 Å². The van der Waals surface area contributed by atoms with Crippen molar-refractivity contribution >= 4 is 11.9 Å². The molecule has 0 unspecified atom stereocenters. The summed E-state index contributed by atoms with van der Waals surface area (Å²) < 4.78 is 21.6. The summed E-state index contributed by atoms with van der Waals surface area (Å²) in [6, 6.07) is 0. The van der Waals surface area contributed by atoms with Crippen molar-refractivity contribution in [3.8, 4) is 0 Å². The molecular weight excluding hydrogens is 472 g/mol. The summed E-state index contributed by atoms with van der Waals surface area (Å²) in [6.07, 6.45) is 9.66. The Bertz CT molecular complexity index is 770. The van der Waals surface area contributed by atoms with Crippen LogP contribution in [0.4, 0.5) is 0 Å². The summed E-state index contributed by atoms with van der Waals surface area (Å²) >= 11 is 0. The van der Waals surface area contributed by atoms with E-state index in [4.69, 9.17) is 18.9 Å². The summed E-state index contributed by atoms with van der Waals surface area (Å²) in [5.74, 6) is 0.755. The number of rotatable bonds is 10. The molecule has 0 radical (unpaired) electrons. The van der Waals surface area contributed by atoms with Crippen molar-refractivity contribution in [3.63, 3.8) is 0 Å². The monoisotopic (exact) mass is 522 g/mol. The second kappa shape index (κ2) is 15.6. The van der Waals surface area contributed by atoms with Crippen LogP contribution in [0.1, 0.15) is 87.0 Å². The Morgan fingerprint density at radius 1 is 1.11 bits per heavy atom. The van der Waals surface area contributed by atoms with Gasteiger partial charge < -0.3 is 24.1 Å². The van der Waals surface area contributed by atoms with Crippen LogP contribution in [0.5, 0.6) is 0 Å².